The first-order valence-corrected chi connectivity index (χ1v) is 10.8. The molecule has 0 unspecified atom stereocenters. The van der Waals surface area contributed by atoms with E-state index >= 15 is 0 Å². The van der Waals surface area contributed by atoms with E-state index in [1.807, 2.05) is 47.4 Å². The molecule has 0 saturated carbocycles. The third kappa shape index (κ3) is 5.80. The Hall–Kier alpha value is -2.40. The van der Waals surface area contributed by atoms with Gasteiger partial charge in [0, 0.05) is 44.3 Å². The Balaban J connectivity index is 1.44. The Labute approximate surface area is 173 Å². The molecular weight excluding hydrogens is 364 g/mol. The van der Waals surface area contributed by atoms with Crippen LogP contribution in [0.25, 0.3) is 10.8 Å². The highest BCUT2D eigenvalue weighted by Crippen LogP contribution is 2.23. The number of nitrogens with zero attached hydrogens (tertiary/aromatic N) is 1. The maximum absolute atomic E-state index is 13.0. The standard InChI is InChI=1S/C24H32N2O3/c1-2-3-17-29-18-7-14-25-23(27)20-12-15-26(16-13-20)24(28)22-11-6-9-19-8-4-5-10-21(19)22/h4-6,8-11,20H,2-3,7,12-18H2,1H3,(H,25,27). The molecule has 0 aromatic heterocycles. The van der Waals surface area contributed by atoms with Crippen molar-refractivity contribution in [3.63, 3.8) is 0 Å². The van der Waals surface area contributed by atoms with Crippen LogP contribution < -0.4 is 5.32 Å². The van der Waals surface area contributed by atoms with Crippen molar-refractivity contribution in [3.8, 4) is 0 Å². The summed E-state index contributed by atoms with van der Waals surface area (Å²) in [4.78, 5) is 27.3. The maximum atomic E-state index is 13.0. The molecule has 1 N–H and O–H groups in total. The molecule has 0 radical (unpaired) electrons. The summed E-state index contributed by atoms with van der Waals surface area (Å²) in [5.41, 5.74) is 0.745. The van der Waals surface area contributed by atoms with Gasteiger partial charge in [-0.1, -0.05) is 49.7 Å². The molecule has 29 heavy (non-hydrogen) atoms. The van der Waals surface area contributed by atoms with E-state index in [0.717, 1.165) is 55.0 Å². The fourth-order valence-electron chi connectivity index (χ4n) is 3.81. The van der Waals surface area contributed by atoms with Crippen molar-refractivity contribution in [2.45, 2.75) is 39.0 Å². The first-order valence-electron chi connectivity index (χ1n) is 10.8. The molecule has 3 rings (SSSR count). The maximum Gasteiger partial charge on any atom is 0.254 e. The second-order valence-electron chi connectivity index (χ2n) is 7.70. The minimum absolute atomic E-state index is 0.00687. The minimum atomic E-state index is -0.00687. The summed E-state index contributed by atoms with van der Waals surface area (Å²) in [7, 11) is 0. The van der Waals surface area contributed by atoms with Gasteiger partial charge in [-0.25, -0.2) is 0 Å². The zero-order chi connectivity index (χ0) is 20.5. The second kappa shape index (κ2) is 11.0. The molecule has 2 aromatic rings. The van der Waals surface area contributed by atoms with Gasteiger partial charge in [0.15, 0.2) is 0 Å². The molecule has 0 atom stereocenters. The number of hydrogen-bond donors (Lipinski definition) is 1. The summed E-state index contributed by atoms with van der Waals surface area (Å²) in [6, 6.07) is 13.8. The molecule has 0 aliphatic carbocycles. The lowest BCUT2D eigenvalue weighted by molar-refractivity contribution is -0.126. The van der Waals surface area contributed by atoms with Crippen LogP contribution in [0.2, 0.25) is 0 Å². The van der Waals surface area contributed by atoms with E-state index in [-0.39, 0.29) is 17.7 Å². The number of carbonyl (C=O) groups excluding carboxylic acids is 2. The van der Waals surface area contributed by atoms with Gasteiger partial charge in [0.2, 0.25) is 5.91 Å². The van der Waals surface area contributed by atoms with Crippen molar-refractivity contribution in [3.05, 3.63) is 48.0 Å². The number of benzene rings is 2. The van der Waals surface area contributed by atoms with Gasteiger partial charge in [-0.05, 0) is 42.5 Å². The van der Waals surface area contributed by atoms with Gasteiger partial charge in [0.05, 0.1) is 0 Å². The van der Waals surface area contributed by atoms with Crippen LogP contribution in [0.3, 0.4) is 0 Å². The summed E-state index contributed by atoms with van der Waals surface area (Å²) < 4.78 is 5.52. The van der Waals surface area contributed by atoms with Gasteiger partial charge < -0.3 is 15.0 Å². The number of hydrogen-bond acceptors (Lipinski definition) is 3. The minimum Gasteiger partial charge on any atom is -0.381 e. The molecule has 1 saturated heterocycles. The van der Waals surface area contributed by atoms with Crippen molar-refractivity contribution in [2.75, 3.05) is 32.8 Å². The fourth-order valence-corrected chi connectivity index (χ4v) is 3.81. The summed E-state index contributed by atoms with van der Waals surface area (Å²) in [5, 5.41) is 5.08. The van der Waals surface area contributed by atoms with Crippen LogP contribution in [0.15, 0.2) is 42.5 Å². The lowest BCUT2D eigenvalue weighted by Gasteiger charge is -2.31. The zero-order valence-corrected chi connectivity index (χ0v) is 17.4. The van der Waals surface area contributed by atoms with Crippen molar-refractivity contribution in [2.24, 2.45) is 5.92 Å². The molecule has 2 aromatic carbocycles. The van der Waals surface area contributed by atoms with Crippen molar-refractivity contribution in [1.82, 2.24) is 10.2 Å². The van der Waals surface area contributed by atoms with Crippen LogP contribution in [0.5, 0.6) is 0 Å². The van der Waals surface area contributed by atoms with Crippen molar-refractivity contribution >= 4 is 22.6 Å². The average molecular weight is 397 g/mol. The quantitative estimate of drug-likeness (QED) is 0.652. The molecular formula is C24H32N2O3. The van der Waals surface area contributed by atoms with Crippen molar-refractivity contribution in [1.29, 1.82) is 0 Å². The average Bonchev–Trinajstić information content (AvgIpc) is 2.77. The van der Waals surface area contributed by atoms with Crippen LogP contribution in [0.1, 0.15) is 49.4 Å². The van der Waals surface area contributed by atoms with Gasteiger partial charge in [-0.3, -0.25) is 9.59 Å². The van der Waals surface area contributed by atoms with E-state index in [9.17, 15) is 9.59 Å². The number of amides is 2. The van der Waals surface area contributed by atoms with Gasteiger partial charge in [-0.15, -0.1) is 0 Å². The molecule has 1 aliphatic heterocycles. The lowest BCUT2D eigenvalue weighted by atomic mass is 9.95. The highest BCUT2D eigenvalue weighted by Gasteiger charge is 2.28. The summed E-state index contributed by atoms with van der Waals surface area (Å²) >= 11 is 0. The number of piperidine rings is 1. The van der Waals surface area contributed by atoms with Crippen LogP contribution in [0.4, 0.5) is 0 Å². The Morgan fingerprint density at radius 2 is 1.76 bits per heavy atom. The molecule has 5 heteroatoms. The van der Waals surface area contributed by atoms with Gasteiger partial charge in [0.25, 0.3) is 5.91 Å². The summed E-state index contributed by atoms with van der Waals surface area (Å²) in [5.74, 6) is 0.160. The topological polar surface area (TPSA) is 58.6 Å². The fraction of sp³-hybridized carbons (Fsp3) is 0.500. The molecule has 1 fully saturated rings. The Bertz CT molecular complexity index is 807. The molecule has 5 nitrogen and oxygen atoms in total. The molecule has 2 amide bonds. The number of ether oxygens (including phenoxy) is 1. The summed E-state index contributed by atoms with van der Waals surface area (Å²) in [6.45, 7) is 5.54. The Kier molecular flexibility index (Phi) is 8.05. The van der Waals surface area contributed by atoms with E-state index in [4.69, 9.17) is 4.74 Å². The van der Waals surface area contributed by atoms with Crippen LogP contribution in [-0.2, 0) is 9.53 Å². The number of fused-ring (bicyclic) bond motifs is 1. The Morgan fingerprint density at radius 3 is 2.55 bits per heavy atom. The van der Waals surface area contributed by atoms with Crippen LogP contribution in [-0.4, -0.2) is 49.6 Å². The van der Waals surface area contributed by atoms with E-state index in [1.165, 1.54) is 0 Å². The summed E-state index contributed by atoms with van der Waals surface area (Å²) in [6.07, 6.45) is 4.50. The number of nitrogens with one attached hydrogen (secondary N) is 1. The molecule has 1 heterocycles. The predicted molar refractivity (Wildman–Crippen MR) is 116 cm³/mol. The van der Waals surface area contributed by atoms with E-state index in [0.29, 0.717) is 26.2 Å². The number of carbonyl (C=O) groups is 2. The lowest BCUT2D eigenvalue weighted by Crippen LogP contribution is -2.43. The van der Waals surface area contributed by atoms with E-state index < -0.39 is 0 Å². The van der Waals surface area contributed by atoms with Crippen LogP contribution >= 0.6 is 0 Å². The highest BCUT2D eigenvalue weighted by atomic mass is 16.5. The van der Waals surface area contributed by atoms with Crippen LogP contribution in [0, 0.1) is 5.92 Å². The molecule has 0 spiro atoms. The largest absolute Gasteiger partial charge is 0.381 e. The van der Waals surface area contributed by atoms with Crippen molar-refractivity contribution < 1.29 is 14.3 Å². The third-order valence-electron chi connectivity index (χ3n) is 5.58. The number of unbranched alkanes of at least 4 members (excludes halogenated alkanes) is 1. The molecule has 0 bridgehead atoms. The zero-order valence-electron chi connectivity index (χ0n) is 17.4. The molecule has 1 aliphatic rings. The Morgan fingerprint density at radius 1 is 1.03 bits per heavy atom. The number of likely N-dealkylation sites (tertiary alicyclic amines) is 1. The first-order chi connectivity index (χ1) is 14.2. The predicted octanol–water partition coefficient (Wildman–Crippen LogP) is 4.02. The normalized spacial score (nSPS) is 14.9. The first kappa shape index (κ1) is 21.3. The highest BCUT2D eigenvalue weighted by molar-refractivity contribution is 6.07. The number of rotatable bonds is 9. The smallest absolute Gasteiger partial charge is 0.254 e. The monoisotopic (exact) mass is 396 g/mol. The van der Waals surface area contributed by atoms with Gasteiger partial charge >= 0.3 is 0 Å². The SMILES string of the molecule is CCCCOCCCNC(=O)C1CCN(C(=O)c2cccc3ccccc23)CC1. The van der Waals surface area contributed by atoms with E-state index in [2.05, 4.69) is 12.2 Å². The third-order valence-corrected chi connectivity index (χ3v) is 5.58. The van der Waals surface area contributed by atoms with Gasteiger partial charge in [0.1, 0.15) is 0 Å². The van der Waals surface area contributed by atoms with E-state index in [1.54, 1.807) is 0 Å². The van der Waals surface area contributed by atoms with Gasteiger partial charge in [-0.2, -0.15) is 0 Å². The second-order valence-corrected chi connectivity index (χ2v) is 7.70. The molecule has 156 valence electrons.